The average molecular weight is 248 g/mol. The predicted octanol–water partition coefficient (Wildman–Crippen LogP) is 1.94. The fourth-order valence-corrected chi connectivity index (χ4v) is 2.29. The molecule has 1 amide bonds. The molecule has 0 atom stereocenters. The predicted molar refractivity (Wildman–Crippen MR) is 71.1 cm³/mol. The number of nitrogens with one attached hydrogen (secondary N) is 1. The molecule has 4 nitrogen and oxygen atoms in total. The van der Waals surface area contributed by atoms with Crippen molar-refractivity contribution in [1.29, 1.82) is 0 Å². The van der Waals surface area contributed by atoms with Gasteiger partial charge in [-0.05, 0) is 44.7 Å². The first kappa shape index (κ1) is 12.9. The number of carbonyl (C=O) groups excluding carboxylic acids is 1. The molecule has 0 spiro atoms. The summed E-state index contributed by atoms with van der Waals surface area (Å²) >= 11 is 0. The maximum atomic E-state index is 12.4. The van der Waals surface area contributed by atoms with Crippen LogP contribution in [0.1, 0.15) is 53.8 Å². The Kier molecular flexibility index (Phi) is 3.55. The number of amides is 1. The molecule has 1 fully saturated rings. The third kappa shape index (κ3) is 2.33. The number of aryl methyl sites for hydroxylation is 2. The summed E-state index contributed by atoms with van der Waals surface area (Å²) in [7, 11) is 0. The van der Waals surface area contributed by atoms with Crippen molar-refractivity contribution in [3.63, 3.8) is 0 Å². The van der Waals surface area contributed by atoms with E-state index in [0.717, 1.165) is 30.5 Å². The molecule has 1 saturated carbocycles. The summed E-state index contributed by atoms with van der Waals surface area (Å²) < 4.78 is 1.77. The van der Waals surface area contributed by atoms with Gasteiger partial charge in [-0.1, -0.05) is 6.92 Å². The van der Waals surface area contributed by atoms with Crippen LogP contribution in [-0.4, -0.2) is 17.0 Å². The van der Waals surface area contributed by atoms with Gasteiger partial charge < -0.3 is 9.88 Å². The van der Waals surface area contributed by atoms with Crippen molar-refractivity contribution in [3.05, 3.63) is 33.2 Å². The van der Waals surface area contributed by atoms with Crippen LogP contribution in [0.15, 0.2) is 10.9 Å². The molecule has 1 aliphatic rings. The van der Waals surface area contributed by atoms with Crippen LogP contribution in [0.2, 0.25) is 0 Å². The Bertz CT molecular complexity index is 527. The highest BCUT2D eigenvalue weighted by Gasteiger charge is 2.28. The SMILES string of the molecule is CCCNC(=O)c1c(C)cc(C)n(C2CC2)c1=O. The van der Waals surface area contributed by atoms with E-state index in [9.17, 15) is 9.59 Å². The fraction of sp³-hybridized carbons (Fsp3) is 0.571. The molecule has 1 aromatic rings. The van der Waals surface area contributed by atoms with E-state index >= 15 is 0 Å². The van der Waals surface area contributed by atoms with E-state index < -0.39 is 0 Å². The summed E-state index contributed by atoms with van der Waals surface area (Å²) in [5, 5.41) is 2.78. The van der Waals surface area contributed by atoms with E-state index in [1.165, 1.54) is 0 Å². The summed E-state index contributed by atoms with van der Waals surface area (Å²) in [6.45, 7) is 6.35. The van der Waals surface area contributed by atoms with Gasteiger partial charge in [0.2, 0.25) is 0 Å². The minimum atomic E-state index is -0.242. The zero-order valence-corrected chi connectivity index (χ0v) is 11.2. The average Bonchev–Trinajstić information content (AvgIpc) is 3.09. The van der Waals surface area contributed by atoms with Gasteiger partial charge in [0.05, 0.1) is 0 Å². The summed E-state index contributed by atoms with van der Waals surface area (Å²) in [4.78, 5) is 24.4. The minimum Gasteiger partial charge on any atom is -0.352 e. The summed E-state index contributed by atoms with van der Waals surface area (Å²) in [5.74, 6) is -0.242. The quantitative estimate of drug-likeness (QED) is 0.885. The van der Waals surface area contributed by atoms with Gasteiger partial charge in [-0.25, -0.2) is 0 Å². The second-order valence-electron chi connectivity index (χ2n) is 5.01. The fourth-order valence-electron chi connectivity index (χ4n) is 2.29. The van der Waals surface area contributed by atoms with Crippen molar-refractivity contribution in [2.45, 2.75) is 46.1 Å². The molecule has 98 valence electrons. The molecule has 1 heterocycles. The third-order valence-corrected chi connectivity index (χ3v) is 3.31. The van der Waals surface area contributed by atoms with Crippen molar-refractivity contribution < 1.29 is 4.79 Å². The lowest BCUT2D eigenvalue weighted by Crippen LogP contribution is -2.35. The molecule has 0 radical (unpaired) electrons. The summed E-state index contributed by atoms with van der Waals surface area (Å²) in [6, 6.07) is 2.23. The largest absolute Gasteiger partial charge is 0.352 e. The Morgan fingerprint density at radius 1 is 1.44 bits per heavy atom. The Balaban J connectivity index is 2.43. The smallest absolute Gasteiger partial charge is 0.264 e. The van der Waals surface area contributed by atoms with Crippen LogP contribution in [0, 0.1) is 13.8 Å². The molecule has 1 N–H and O–H groups in total. The van der Waals surface area contributed by atoms with Gasteiger partial charge in [-0.3, -0.25) is 9.59 Å². The van der Waals surface area contributed by atoms with Gasteiger partial charge in [-0.15, -0.1) is 0 Å². The van der Waals surface area contributed by atoms with Crippen LogP contribution in [0.4, 0.5) is 0 Å². The number of pyridine rings is 1. The number of hydrogen-bond donors (Lipinski definition) is 1. The Morgan fingerprint density at radius 3 is 2.67 bits per heavy atom. The summed E-state index contributed by atoms with van der Waals surface area (Å²) in [6.07, 6.45) is 2.95. The van der Waals surface area contributed by atoms with E-state index in [4.69, 9.17) is 0 Å². The van der Waals surface area contributed by atoms with Crippen LogP contribution in [0.5, 0.6) is 0 Å². The first-order valence-corrected chi connectivity index (χ1v) is 6.57. The first-order valence-electron chi connectivity index (χ1n) is 6.57. The molecule has 0 aromatic carbocycles. The van der Waals surface area contributed by atoms with Gasteiger partial charge in [0.25, 0.3) is 11.5 Å². The summed E-state index contributed by atoms with van der Waals surface area (Å²) in [5.41, 5.74) is 1.89. The number of aromatic nitrogens is 1. The van der Waals surface area contributed by atoms with Gasteiger partial charge in [0, 0.05) is 18.3 Å². The van der Waals surface area contributed by atoms with Gasteiger partial charge in [-0.2, -0.15) is 0 Å². The molecule has 0 bridgehead atoms. The van der Waals surface area contributed by atoms with E-state index in [1.807, 2.05) is 26.8 Å². The highest BCUT2D eigenvalue weighted by molar-refractivity contribution is 5.95. The van der Waals surface area contributed by atoms with E-state index in [1.54, 1.807) is 4.57 Å². The molecule has 2 rings (SSSR count). The standard InChI is InChI=1S/C14H20N2O2/c1-4-7-15-13(17)12-9(2)8-10(3)16(14(12)18)11-5-6-11/h8,11H,4-7H2,1-3H3,(H,15,17). The lowest BCUT2D eigenvalue weighted by Gasteiger charge is -2.13. The molecular weight excluding hydrogens is 228 g/mol. The number of carbonyl (C=O) groups is 1. The lowest BCUT2D eigenvalue weighted by atomic mass is 10.1. The Labute approximate surface area is 107 Å². The monoisotopic (exact) mass is 248 g/mol. The third-order valence-electron chi connectivity index (χ3n) is 3.31. The minimum absolute atomic E-state index is 0.136. The zero-order valence-electron chi connectivity index (χ0n) is 11.2. The highest BCUT2D eigenvalue weighted by atomic mass is 16.2. The Hall–Kier alpha value is -1.58. The van der Waals surface area contributed by atoms with Crippen molar-refractivity contribution in [2.75, 3.05) is 6.54 Å². The van der Waals surface area contributed by atoms with E-state index in [0.29, 0.717) is 18.2 Å². The second-order valence-corrected chi connectivity index (χ2v) is 5.01. The molecule has 18 heavy (non-hydrogen) atoms. The van der Waals surface area contributed by atoms with Crippen LogP contribution >= 0.6 is 0 Å². The molecule has 1 aliphatic carbocycles. The molecular formula is C14H20N2O2. The maximum absolute atomic E-state index is 12.4. The van der Waals surface area contributed by atoms with Crippen molar-refractivity contribution >= 4 is 5.91 Å². The van der Waals surface area contributed by atoms with Gasteiger partial charge >= 0.3 is 0 Å². The maximum Gasteiger partial charge on any atom is 0.264 e. The highest BCUT2D eigenvalue weighted by Crippen LogP contribution is 2.34. The molecule has 4 heteroatoms. The van der Waals surface area contributed by atoms with Crippen molar-refractivity contribution in [2.24, 2.45) is 0 Å². The number of hydrogen-bond acceptors (Lipinski definition) is 2. The lowest BCUT2D eigenvalue weighted by molar-refractivity contribution is 0.0951. The number of rotatable bonds is 4. The van der Waals surface area contributed by atoms with Crippen LogP contribution in [-0.2, 0) is 0 Å². The van der Waals surface area contributed by atoms with Crippen molar-refractivity contribution in [3.8, 4) is 0 Å². The molecule has 0 unspecified atom stereocenters. The van der Waals surface area contributed by atoms with E-state index in [-0.39, 0.29) is 11.5 Å². The second kappa shape index (κ2) is 4.96. The van der Waals surface area contributed by atoms with Crippen LogP contribution < -0.4 is 10.9 Å². The topological polar surface area (TPSA) is 51.1 Å². The number of nitrogens with zero attached hydrogens (tertiary/aromatic N) is 1. The molecule has 0 aliphatic heterocycles. The van der Waals surface area contributed by atoms with Crippen molar-refractivity contribution in [1.82, 2.24) is 9.88 Å². The van der Waals surface area contributed by atoms with Gasteiger partial charge in [0.15, 0.2) is 0 Å². The Morgan fingerprint density at radius 2 is 2.11 bits per heavy atom. The van der Waals surface area contributed by atoms with Gasteiger partial charge in [0.1, 0.15) is 5.56 Å². The first-order chi connectivity index (χ1) is 8.56. The zero-order chi connectivity index (χ0) is 13.3. The van der Waals surface area contributed by atoms with E-state index in [2.05, 4.69) is 5.32 Å². The van der Waals surface area contributed by atoms with Crippen LogP contribution in [0.3, 0.4) is 0 Å². The normalized spacial score (nSPS) is 14.6. The molecule has 1 aromatic heterocycles. The van der Waals surface area contributed by atoms with Crippen LogP contribution in [0.25, 0.3) is 0 Å². The molecule has 0 saturated heterocycles.